The van der Waals surface area contributed by atoms with Gasteiger partial charge in [0.15, 0.2) is 0 Å². The summed E-state index contributed by atoms with van der Waals surface area (Å²) < 4.78 is 0. The summed E-state index contributed by atoms with van der Waals surface area (Å²) in [6.07, 6.45) is 5.25. The van der Waals surface area contributed by atoms with Gasteiger partial charge in [0.2, 0.25) is 5.91 Å². The predicted octanol–water partition coefficient (Wildman–Crippen LogP) is 2.87. The number of carbonyl (C=O) groups is 1. The third-order valence-corrected chi connectivity index (χ3v) is 4.45. The molecule has 1 aliphatic carbocycles. The summed E-state index contributed by atoms with van der Waals surface area (Å²) in [7, 11) is 0. The number of hydrogen-bond donors (Lipinski definition) is 3. The fourth-order valence-electron chi connectivity index (χ4n) is 2.81. The molecule has 0 heterocycles. The van der Waals surface area contributed by atoms with Crippen LogP contribution in [0.5, 0.6) is 0 Å². The Bertz CT molecular complexity index is 499. The van der Waals surface area contributed by atoms with Crippen molar-refractivity contribution in [2.24, 2.45) is 0 Å². The van der Waals surface area contributed by atoms with Crippen molar-refractivity contribution in [3.05, 3.63) is 28.8 Å². The van der Waals surface area contributed by atoms with Crippen LogP contribution in [0.1, 0.15) is 37.7 Å². The Morgan fingerprint density at radius 1 is 1.33 bits per heavy atom. The lowest BCUT2D eigenvalue weighted by Gasteiger charge is -2.36. The van der Waals surface area contributed by atoms with Gasteiger partial charge in [-0.05, 0) is 37.5 Å². The van der Waals surface area contributed by atoms with Crippen LogP contribution in [0.4, 0.5) is 5.69 Å². The monoisotopic (exact) mass is 310 g/mol. The molecule has 1 aliphatic rings. The standard InChI is InChI=1S/C16H23ClN2O2/c1-12-5-6-13(17)9-14(12)19-15(21)10-18-16(11-20)7-3-2-4-8-16/h5-6,9,18,20H,2-4,7-8,10-11H2,1H3,(H,19,21). The van der Waals surface area contributed by atoms with Crippen molar-refractivity contribution < 1.29 is 9.90 Å². The van der Waals surface area contributed by atoms with Gasteiger partial charge in [-0.1, -0.05) is 36.9 Å². The number of aliphatic hydroxyl groups excluding tert-OH is 1. The first-order valence-electron chi connectivity index (χ1n) is 7.47. The zero-order valence-electron chi connectivity index (χ0n) is 12.4. The fourth-order valence-corrected chi connectivity index (χ4v) is 2.98. The van der Waals surface area contributed by atoms with Crippen LogP contribution in [-0.4, -0.2) is 29.7 Å². The van der Waals surface area contributed by atoms with Gasteiger partial charge in [0.1, 0.15) is 0 Å². The van der Waals surface area contributed by atoms with E-state index in [1.807, 2.05) is 13.0 Å². The van der Waals surface area contributed by atoms with E-state index in [0.717, 1.165) is 36.9 Å². The minimum absolute atomic E-state index is 0.0798. The lowest BCUT2D eigenvalue weighted by Crippen LogP contribution is -2.52. The smallest absolute Gasteiger partial charge is 0.238 e. The first-order valence-corrected chi connectivity index (χ1v) is 7.84. The number of carbonyl (C=O) groups excluding carboxylic acids is 1. The van der Waals surface area contributed by atoms with Crippen LogP contribution < -0.4 is 10.6 Å². The summed E-state index contributed by atoms with van der Waals surface area (Å²) in [6.45, 7) is 2.21. The molecule has 0 bridgehead atoms. The zero-order chi connectivity index (χ0) is 15.3. The first-order chi connectivity index (χ1) is 10.0. The van der Waals surface area contributed by atoms with Crippen LogP contribution in [0.2, 0.25) is 5.02 Å². The largest absolute Gasteiger partial charge is 0.394 e. The van der Waals surface area contributed by atoms with Crippen molar-refractivity contribution in [2.45, 2.75) is 44.6 Å². The maximum absolute atomic E-state index is 12.1. The number of halogens is 1. The minimum atomic E-state index is -0.293. The zero-order valence-corrected chi connectivity index (χ0v) is 13.2. The van der Waals surface area contributed by atoms with E-state index in [1.54, 1.807) is 12.1 Å². The highest BCUT2D eigenvalue weighted by Gasteiger charge is 2.31. The maximum atomic E-state index is 12.1. The van der Waals surface area contributed by atoms with Gasteiger partial charge in [0, 0.05) is 16.2 Å². The molecule has 116 valence electrons. The molecule has 0 aromatic heterocycles. The number of hydrogen-bond acceptors (Lipinski definition) is 3. The molecule has 2 rings (SSSR count). The second-order valence-corrected chi connectivity index (χ2v) is 6.30. The molecule has 21 heavy (non-hydrogen) atoms. The van der Waals surface area contributed by atoms with Gasteiger partial charge in [-0.2, -0.15) is 0 Å². The van der Waals surface area contributed by atoms with Crippen molar-refractivity contribution in [2.75, 3.05) is 18.5 Å². The summed E-state index contributed by atoms with van der Waals surface area (Å²) in [4.78, 5) is 12.1. The molecule has 1 aromatic rings. The molecule has 0 unspecified atom stereocenters. The van der Waals surface area contributed by atoms with Crippen LogP contribution in [-0.2, 0) is 4.79 Å². The molecule has 0 spiro atoms. The molecule has 1 fully saturated rings. The number of rotatable bonds is 5. The molecule has 1 aromatic carbocycles. The summed E-state index contributed by atoms with van der Waals surface area (Å²) in [6, 6.07) is 5.42. The average molecular weight is 311 g/mol. The molecule has 0 radical (unpaired) electrons. The molecule has 4 nitrogen and oxygen atoms in total. The van der Waals surface area contributed by atoms with Crippen molar-refractivity contribution in [3.63, 3.8) is 0 Å². The first kappa shape index (κ1) is 16.3. The average Bonchev–Trinajstić information content (AvgIpc) is 2.50. The van der Waals surface area contributed by atoms with Gasteiger partial charge in [-0.15, -0.1) is 0 Å². The number of aliphatic hydroxyl groups is 1. The highest BCUT2D eigenvalue weighted by Crippen LogP contribution is 2.27. The van der Waals surface area contributed by atoms with Gasteiger partial charge in [-0.3, -0.25) is 4.79 Å². The molecule has 0 aliphatic heterocycles. The number of benzene rings is 1. The van der Waals surface area contributed by atoms with Crippen molar-refractivity contribution >= 4 is 23.2 Å². The van der Waals surface area contributed by atoms with E-state index < -0.39 is 0 Å². The molecule has 1 saturated carbocycles. The van der Waals surface area contributed by atoms with Crippen molar-refractivity contribution in [1.29, 1.82) is 0 Å². The van der Waals surface area contributed by atoms with Gasteiger partial charge in [0.25, 0.3) is 0 Å². The summed E-state index contributed by atoms with van der Waals surface area (Å²) in [5.74, 6) is -0.112. The third-order valence-electron chi connectivity index (χ3n) is 4.21. The second-order valence-electron chi connectivity index (χ2n) is 5.86. The van der Waals surface area contributed by atoms with E-state index in [0.29, 0.717) is 5.02 Å². The van der Waals surface area contributed by atoms with Gasteiger partial charge in [0.05, 0.1) is 13.2 Å². The fraction of sp³-hybridized carbons (Fsp3) is 0.562. The van der Waals surface area contributed by atoms with Crippen LogP contribution in [0.15, 0.2) is 18.2 Å². The van der Waals surface area contributed by atoms with E-state index in [2.05, 4.69) is 10.6 Å². The highest BCUT2D eigenvalue weighted by atomic mass is 35.5. The molecular weight excluding hydrogens is 288 g/mol. The Hall–Kier alpha value is -1.10. The SMILES string of the molecule is Cc1ccc(Cl)cc1NC(=O)CNC1(CO)CCCCC1. The Morgan fingerprint density at radius 2 is 2.05 bits per heavy atom. The third kappa shape index (κ3) is 4.43. The molecule has 0 atom stereocenters. The minimum Gasteiger partial charge on any atom is -0.394 e. The number of amides is 1. The summed E-state index contributed by atoms with van der Waals surface area (Å²) in [5, 5.41) is 16.3. The lowest BCUT2D eigenvalue weighted by atomic mass is 9.82. The summed E-state index contributed by atoms with van der Waals surface area (Å²) >= 11 is 5.94. The second kappa shape index (κ2) is 7.25. The molecule has 5 heteroatoms. The number of anilines is 1. The number of aryl methyl sites for hydroxylation is 1. The number of nitrogens with one attached hydrogen (secondary N) is 2. The Kier molecular flexibility index (Phi) is 5.62. The van der Waals surface area contributed by atoms with E-state index in [4.69, 9.17) is 11.6 Å². The Balaban J connectivity index is 1.91. The normalized spacial score (nSPS) is 17.5. The lowest BCUT2D eigenvalue weighted by molar-refractivity contribution is -0.116. The van der Waals surface area contributed by atoms with Crippen molar-refractivity contribution in [1.82, 2.24) is 5.32 Å². The highest BCUT2D eigenvalue weighted by molar-refractivity contribution is 6.31. The van der Waals surface area contributed by atoms with Crippen molar-refractivity contribution in [3.8, 4) is 0 Å². The van der Waals surface area contributed by atoms with E-state index >= 15 is 0 Å². The maximum Gasteiger partial charge on any atom is 0.238 e. The van der Waals surface area contributed by atoms with Gasteiger partial charge < -0.3 is 15.7 Å². The molecular formula is C16H23ClN2O2. The Labute approximate surface area is 130 Å². The predicted molar refractivity (Wildman–Crippen MR) is 85.7 cm³/mol. The van der Waals surface area contributed by atoms with Crippen LogP contribution in [0.3, 0.4) is 0 Å². The summed E-state index contributed by atoms with van der Waals surface area (Å²) in [5.41, 5.74) is 1.41. The molecule has 3 N–H and O–H groups in total. The van der Waals surface area contributed by atoms with E-state index in [-0.39, 0.29) is 24.6 Å². The topological polar surface area (TPSA) is 61.4 Å². The quantitative estimate of drug-likeness (QED) is 0.783. The van der Waals surface area contributed by atoms with E-state index in [9.17, 15) is 9.90 Å². The molecule has 0 saturated heterocycles. The molecule has 1 amide bonds. The van der Waals surface area contributed by atoms with Gasteiger partial charge in [-0.25, -0.2) is 0 Å². The van der Waals surface area contributed by atoms with E-state index in [1.165, 1.54) is 6.42 Å². The Morgan fingerprint density at radius 3 is 2.71 bits per heavy atom. The van der Waals surface area contributed by atoms with Crippen LogP contribution in [0.25, 0.3) is 0 Å². The van der Waals surface area contributed by atoms with Crippen LogP contribution in [0, 0.1) is 6.92 Å². The van der Waals surface area contributed by atoms with Gasteiger partial charge >= 0.3 is 0 Å². The van der Waals surface area contributed by atoms with Crippen LogP contribution >= 0.6 is 11.6 Å².